The average molecular weight is 188 g/mol. The molecule has 0 saturated heterocycles. The van der Waals surface area contributed by atoms with Crippen LogP contribution in [0.2, 0.25) is 0 Å². The Morgan fingerprint density at radius 3 is 2.15 bits per heavy atom. The molecule has 0 heterocycles. The summed E-state index contributed by atoms with van der Waals surface area (Å²) in [4.78, 5) is 24.4. The van der Waals surface area contributed by atoms with E-state index in [0.29, 0.717) is 13.0 Å². The lowest BCUT2D eigenvalue weighted by Crippen LogP contribution is -2.36. The van der Waals surface area contributed by atoms with Crippen molar-refractivity contribution < 1.29 is 14.7 Å². The molecule has 0 aromatic carbocycles. The Bertz CT molecular complexity index is 192. The number of rotatable bonds is 4. The first-order valence-electron chi connectivity index (χ1n) is 4.09. The first-order valence-corrected chi connectivity index (χ1v) is 4.09. The van der Waals surface area contributed by atoms with Crippen LogP contribution in [-0.2, 0) is 4.79 Å². The molecule has 0 aliphatic heterocycles. The van der Waals surface area contributed by atoms with Gasteiger partial charge in [0.15, 0.2) is 0 Å². The van der Waals surface area contributed by atoms with E-state index in [1.54, 1.807) is 21.1 Å². The van der Waals surface area contributed by atoms with Gasteiger partial charge in [0, 0.05) is 34.1 Å². The highest BCUT2D eigenvalue weighted by molar-refractivity contribution is 5.73. The minimum atomic E-state index is -0.828. The highest BCUT2D eigenvalue weighted by Crippen LogP contribution is 1.96. The zero-order chi connectivity index (χ0) is 10.4. The zero-order valence-corrected chi connectivity index (χ0v) is 8.28. The third kappa shape index (κ3) is 5.05. The fourth-order valence-electron chi connectivity index (χ4n) is 0.905. The van der Waals surface area contributed by atoms with Gasteiger partial charge in [-0.25, -0.2) is 4.79 Å². The molecule has 0 spiro atoms. The Balaban J connectivity index is 3.68. The SMILES string of the molecule is CN(C)C(=O)N(C)CCCC(=O)O. The van der Waals surface area contributed by atoms with Crippen molar-refractivity contribution in [1.29, 1.82) is 0 Å². The fraction of sp³-hybridized carbons (Fsp3) is 0.750. The van der Waals surface area contributed by atoms with Crippen molar-refractivity contribution in [2.45, 2.75) is 12.8 Å². The van der Waals surface area contributed by atoms with Crippen molar-refractivity contribution in [2.75, 3.05) is 27.7 Å². The summed E-state index contributed by atoms with van der Waals surface area (Å²) < 4.78 is 0. The van der Waals surface area contributed by atoms with Crippen LogP contribution in [0.4, 0.5) is 4.79 Å². The van der Waals surface area contributed by atoms with E-state index in [1.807, 2.05) is 0 Å². The van der Waals surface area contributed by atoms with Crippen LogP contribution in [-0.4, -0.2) is 54.6 Å². The lowest BCUT2D eigenvalue weighted by molar-refractivity contribution is -0.137. The molecule has 76 valence electrons. The van der Waals surface area contributed by atoms with Gasteiger partial charge in [-0.1, -0.05) is 0 Å². The number of aliphatic carboxylic acids is 1. The summed E-state index contributed by atoms with van der Waals surface area (Å²) in [6, 6.07) is -0.106. The second-order valence-corrected chi connectivity index (χ2v) is 3.10. The van der Waals surface area contributed by atoms with Crippen molar-refractivity contribution in [3.8, 4) is 0 Å². The summed E-state index contributed by atoms with van der Waals surface area (Å²) in [6.07, 6.45) is 0.594. The van der Waals surface area contributed by atoms with Crippen LogP contribution in [0.15, 0.2) is 0 Å². The predicted molar refractivity (Wildman–Crippen MR) is 48.6 cm³/mol. The number of carboxylic acid groups (broad SMARTS) is 1. The maximum atomic E-state index is 11.2. The Morgan fingerprint density at radius 2 is 1.77 bits per heavy atom. The number of carboxylic acids is 1. The summed E-state index contributed by atoms with van der Waals surface area (Å²) in [5.41, 5.74) is 0. The van der Waals surface area contributed by atoms with E-state index >= 15 is 0 Å². The van der Waals surface area contributed by atoms with E-state index in [9.17, 15) is 9.59 Å². The number of carbonyl (C=O) groups excluding carboxylic acids is 1. The number of hydrogen-bond acceptors (Lipinski definition) is 2. The summed E-state index contributed by atoms with van der Waals surface area (Å²) in [5.74, 6) is -0.828. The van der Waals surface area contributed by atoms with E-state index in [4.69, 9.17) is 5.11 Å². The van der Waals surface area contributed by atoms with Gasteiger partial charge in [-0.2, -0.15) is 0 Å². The van der Waals surface area contributed by atoms with Crippen LogP contribution in [0.3, 0.4) is 0 Å². The van der Waals surface area contributed by atoms with Gasteiger partial charge in [0.05, 0.1) is 0 Å². The lowest BCUT2D eigenvalue weighted by atomic mass is 10.3. The molecule has 5 heteroatoms. The van der Waals surface area contributed by atoms with Crippen LogP contribution in [0.5, 0.6) is 0 Å². The lowest BCUT2D eigenvalue weighted by Gasteiger charge is -2.21. The minimum absolute atomic E-state index is 0.102. The highest BCUT2D eigenvalue weighted by Gasteiger charge is 2.09. The molecule has 0 aromatic rings. The van der Waals surface area contributed by atoms with Gasteiger partial charge in [-0.05, 0) is 6.42 Å². The molecule has 0 atom stereocenters. The summed E-state index contributed by atoms with van der Waals surface area (Å²) >= 11 is 0. The standard InChI is InChI=1S/C8H16N2O3/c1-9(2)8(13)10(3)6-4-5-7(11)12/h4-6H2,1-3H3,(H,11,12). The van der Waals surface area contributed by atoms with E-state index in [1.165, 1.54) is 9.80 Å². The largest absolute Gasteiger partial charge is 0.481 e. The molecule has 0 aliphatic rings. The van der Waals surface area contributed by atoms with Gasteiger partial charge in [-0.3, -0.25) is 4.79 Å². The number of hydrogen-bond donors (Lipinski definition) is 1. The second-order valence-electron chi connectivity index (χ2n) is 3.10. The maximum Gasteiger partial charge on any atom is 0.319 e. The number of nitrogens with zero attached hydrogens (tertiary/aromatic N) is 2. The van der Waals surface area contributed by atoms with E-state index < -0.39 is 5.97 Å². The molecule has 0 bridgehead atoms. The second kappa shape index (κ2) is 5.40. The molecule has 1 N–H and O–H groups in total. The topological polar surface area (TPSA) is 60.9 Å². The summed E-state index contributed by atoms with van der Waals surface area (Å²) in [5, 5.41) is 8.36. The predicted octanol–water partition coefficient (Wildman–Crippen LogP) is 0.465. The third-order valence-electron chi connectivity index (χ3n) is 1.59. The molecular weight excluding hydrogens is 172 g/mol. The van der Waals surface area contributed by atoms with Gasteiger partial charge < -0.3 is 14.9 Å². The van der Waals surface area contributed by atoms with Gasteiger partial charge in [0.1, 0.15) is 0 Å². The van der Waals surface area contributed by atoms with Gasteiger partial charge >= 0.3 is 12.0 Å². The van der Waals surface area contributed by atoms with Crippen molar-refractivity contribution in [1.82, 2.24) is 9.80 Å². The molecule has 0 saturated carbocycles. The van der Waals surface area contributed by atoms with E-state index in [2.05, 4.69) is 0 Å². The van der Waals surface area contributed by atoms with Crippen molar-refractivity contribution in [3.05, 3.63) is 0 Å². The van der Waals surface area contributed by atoms with Crippen molar-refractivity contribution >= 4 is 12.0 Å². The molecule has 0 aromatic heterocycles. The van der Waals surface area contributed by atoms with Crippen LogP contribution in [0.1, 0.15) is 12.8 Å². The molecular formula is C8H16N2O3. The van der Waals surface area contributed by atoms with Crippen LogP contribution >= 0.6 is 0 Å². The molecule has 2 amide bonds. The molecule has 0 fully saturated rings. The molecule has 13 heavy (non-hydrogen) atoms. The maximum absolute atomic E-state index is 11.2. The van der Waals surface area contributed by atoms with Crippen LogP contribution in [0, 0.1) is 0 Å². The summed E-state index contributed by atoms with van der Waals surface area (Å²) in [7, 11) is 4.98. The summed E-state index contributed by atoms with van der Waals surface area (Å²) in [6.45, 7) is 0.476. The Labute approximate surface area is 77.9 Å². The van der Waals surface area contributed by atoms with Crippen molar-refractivity contribution in [2.24, 2.45) is 0 Å². The van der Waals surface area contributed by atoms with E-state index in [-0.39, 0.29) is 12.5 Å². The first kappa shape index (κ1) is 11.7. The number of amides is 2. The molecule has 0 radical (unpaired) electrons. The highest BCUT2D eigenvalue weighted by atomic mass is 16.4. The molecule has 5 nitrogen and oxygen atoms in total. The van der Waals surface area contributed by atoms with Crippen LogP contribution in [0.25, 0.3) is 0 Å². The van der Waals surface area contributed by atoms with Gasteiger partial charge in [0.2, 0.25) is 0 Å². The average Bonchev–Trinajstić information content (AvgIpc) is 2.02. The fourth-order valence-corrected chi connectivity index (χ4v) is 0.905. The normalized spacial score (nSPS) is 9.46. The zero-order valence-electron chi connectivity index (χ0n) is 8.28. The molecule has 0 rings (SSSR count). The number of carbonyl (C=O) groups is 2. The van der Waals surface area contributed by atoms with Gasteiger partial charge in [0.25, 0.3) is 0 Å². The first-order chi connectivity index (χ1) is 5.95. The van der Waals surface area contributed by atoms with Gasteiger partial charge in [-0.15, -0.1) is 0 Å². The minimum Gasteiger partial charge on any atom is -0.481 e. The number of urea groups is 1. The monoisotopic (exact) mass is 188 g/mol. The Hall–Kier alpha value is -1.26. The Kier molecular flexibility index (Phi) is 4.87. The quantitative estimate of drug-likeness (QED) is 0.697. The van der Waals surface area contributed by atoms with Crippen LogP contribution < -0.4 is 0 Å². The molecule has 0 aliphatic carbocycles. The smallest absolute Gasteiger partial charge is 0.319 e. The van der Waals surface area contributed by atoms with E-state index in [0.717, 1.165) is 0 Å². The van der Waals surface area contributed by atoms with Crippen molar-refractivity contribution in [3.63, 3.8) is 0 Å². The molecule has 0 unspecified atom stereocenters. The Morgan fingerprint density at radius 1 is 1.23 bits per heavy atom. The third-order valence-corrected chi connectivity index (χ3v) is 1.59.